The minimum atomic E-state index is -0.916. The Bertz CT molecular complexity index is 714. The third-order valence-corrected chi connectivity index (χ3v) is 5.32. The van der Waals surface area contributed by atoms with Crippen LogP contribution in [0.4, 0.5) is 10.5 Å². The van der Waals surface area contributed by atoms with Crippen LogP contribution in [0.5, 0.6) is 0 Å². The van der Waals surface area contributed by atoms with E-state index in [4.69, 9.17) is 0 Å². The zero-order chi connectivity index (χ0) is 18.7. The topological polar surface area (TPSA) is 90.0 Å². The number of hydrogen-bond donors (Lipinski definition) is 2. The van der Waals surface area contributed by atoms with E-state index in [0.29, 0.717) is 24.2 Å². The van der Waals surface area contributed by atoms with E-state index in [2.05, 4.69) is 5.32 Å². The second kappa shape index (κ2) is 7.35. The third-order valence-electron chi connectivity index (χ3n) is 5.32. The van der Waals surface area contributed by atoms with Gasteiger partial charge in [-0.05, 0) is 44.7 Å². The van der Waals surface area contributed by atoms with Gasteiger partial charge in [0.2, 0.25) is 0 Å². The molecule has 2 heterocycles. The number of aliphatic carboxylic acids is 1. The Kier molecular flexibility index (Phi) is 5.15. The summed E-state index contributed by atoms with van der Waals surface area (Å²) in [7, 11) is 0. The van der Waals surface area contributed by atoms with Crippen molar-refractivity contribution in [2.24, 2.45) is 5.41 Å². The van der Waals surface area contributed by atoms with Crippen LogP contribution < -0.4 is 5.32 Å². The molecule has 3 amide bonds. The number of benzene rings is 1. The van der Waals surface area contributed by atoms with Crippen molar-refractivity contribution >= 4 is 23.6 Å². The number of carboxylic acid groups (broad SMARTS) is 1. The number of nitrogens with one attached hydrogen (secondary N) is 1. The van der Waals surface area contributed by atoms with Crippen molar-refractivity contribution in [2.45, 2.75) is 32.6 Å². The lowest BCUT2D eigenvalue weighted by Gasteiger charge is -2.28. The van der Waals surface area contributed by atoms with Gasteiger partial charge in [-0.3, -0.25) is 9.59 Å². The average Bonchev–Trinajstić information content (AvgIpc) is 3.06. The molecule has 1 atom stereocenters. The molecule has 26 heavy (non-hydrogen) atoms. The second-order valence-corrected chi connectivity index (χ2v) is 7.37. The minimum Gasteiger partial charge on any atom is -0.481 e. The molecule has 0 bridgehead atoms. The number of carbonyl (C=O) groups is 3. The summed E-state index contributed by atoms with van der Waals surface area (Å²) in [4.78, 5) is 40.1. The fraction of sp³-hybridized carbons (Fsp3) is 0.526. The molecule has 0 spiro atoms. The molecule has 0 aromatic heterocycles. The molecule has 2 N–H and O–H groups in total. The Hall–Kier alpha value is -2.57. The summed E-state index contributed by atoms with van der Waals surface area (Å²) in [6, 6.07) is 6.62. The van der Waals surface area contributed by atoms with Crippen molar-refractivity contribution in [3.63, 3.8) is 0 Å². The number of anilines is 1. The number of hydrogen-bond acceptors (Lipinski definition) is 3. The number of nitrogens with zero attached hydrogens (tertiary/aromatic N) is 2. The van der Waals surface area contributed by atoms with Crippen molar-refractivity contribution < 1.29 is 19.5 Å². The van der Waals surface area contributed by atoms with Gasteiger partial charge in [0.05, 0.1) is 16.7 Å². The highest BCUT2D eigenvalue weighted by atomic mass is 16.4. The minimum absolute atomic E-state index is 0.0719. The monoisotopic (exact) mass is 359 g/mol. The Morgan fingerprint density at radius 1 is 1.04 bits per heavy atom. The van der Waals surface area contributed by atoms with Crippen molar-refractivity contribution in [3.05, 3.63) is 29.8 Å². The predicted molar refractivity (Wildman–Crippen MR) is 97.1 cm³/mol. The highest BCUT2D eigenvalue weighted by Crippen LogP contribution is 2.30. The zero-order valence-electron chi connectivity index (χ0n) is 15.0. The van der Waals surface area contributed by atoms with Crippen LogP contribution >= 0.6 is 0 Å². The van der Waals surface area contributed by atoms with E-state index >= 15 is 0 Å². The zero-order valence-corrected chi connectivity index (χ0v) is 15.0. The van der Waals surface area contributed by atoms with Gasteiger partial charge in [-0.15, -0.1) is 0 Å². The van der Waals surface area contributed by atoms with Gasteiger partial charge in [-0.25, -0.2) is 4.79 Å². The molecule has 140 valence electrons. The number of piperidine rings is 1. The maximum Gasteiger partial charge on any atom is 0.321 e. The second-order valence-electron chi connectivity index (χ2n) is 7.37. The van der Waals surface area contributed by atoms with Crippen LogP contribution in [0.1, 0.15) is 43.0 Å². The molecule has 0 saturated carbocycles. The summed E-state index contributed by atoms with van der Waals surface area (Å²) in [5.41, 5.74) is 0.0282. The lowest BCUT2D eigenvalue weighted by Crippen LogP contribution is -2.38. The third kappa shape index (κ3) is 3.66. The SMILES string of the molecule is CC1(C(=O)O)CCN(C(=O)Nc2ccccc2C(=O)N2CCCCC2)C1. The van der Waals surface area contributed by atoms with Gasteiger partial charge in [0, 0.05) is 26.2 Å². The van der Waals surface area contributed by atoms with Crippen LogP contribution in [0.25, 0.3) is 0 Å². The Morgan fingerprint density at radius 3 is 2.38 bits per heavy atom. The average molecular weight is 359 g/mol. The van der Waals surface area contributed by atoms with E-state index in [1.54, 1.807) is 31.2 Å². The lowest BCUT2D eigenvalue weighted by molar-refractivity contribution is -0.146. The smallest absolute Gasteiger partial charge is 0.321 e. The number of para-hydroxylation sites is 1. The van der Waals surface area contributed by atoms with Crippen molar-refractivity contribution in [1.82, 2.24) is 9.80 Å². The first-order valence-electron chi connectivity index (χ1n) is 9.08. The molecule has 7 nitrogen and oxygen atoms in total. The van der Waals surface area contributed by atoms with E-state index in [1.807, 2.05) is 4.90 Å². The van der Waals surface area contributed by atoms with Crippen molar-refractivity contribution in [3.8, 4) is 0 Å². The number of carbonyl (C=O) groups excluding carboxylic acids is 2. The van der Waals surface area contributed by atoms with E-state index in [0.717, 1.165) is 32.4 Å². The van der Waals surface area contributed by atoms with Crippen LogP contribution in [-0.2, 0) is 4.79 Å². The van der Waals surface area contributed by atoms with Crippen LogP contribution in [0.15, 0.2) is 24.3 Å². The Balaban J connectivity index is 1.71. The number of likely N-dealkylation sites (tertiary alicyclic amines) is 2. The fourth-order valence-corrected chi connectivity index (χ4v) is 3.55. The molecule has 7 heteroatoms. The first kappa shape index (κ1) is 18.2. The van der Waals surface area contributed by atoms with Gasteiger partial charge in [0.1, 0.15) is 0 Å². The molecule has 2 aliphatic rings. The van der Waals surface area contributed by atoms with E-state index < -0.39 is 11.4 Å². The lowest BCUT2D eigenvalue weighted by atomic mass is 9.90. The highest BCUT2D eigenvalue weighted by molar-refractivity contribution is 6.03. The number of carboxylic acids is 1. The summed E-state index contributed by atoms with van der Waals surface area (Å²) >= 11 is 0. The molecule has 2 saturated heterocycles. The van der Waals surface area contributed by atoms with Crippen molar-refractivity contribution in [2.75, 3.05) is 31.5 Å². The van der Waals surface area contributed by atoms with Crippen molar-refractivity contribution in [1.29, 1.82) is 0 Å². The molecule has 0 aliphatic carbocycles. The highest BCUT2D eigenvalue weighted by Gasteiger charge is 2.42. The standard InChI is InChI=1S/C19H25N3O4/c1-19(17(24)25)9-12-22(13-19)18(26)20-15-8-4-3-7-14(15)16(23)21-10-5-2-6-11-21/h3-4,7-8H,2,5-6,9-13H2,1H3,(H,20,26)(H,24,25). The Morgan fingerprint density at radius 2 is 1.73 bits per heavy atom. The van der Waals surface area contributed by atoms with Crippen LogP contribution in [-0.4, -0.2) is 59.0 Å². The number of rotatable bonds is 3. The first-order chi connectivity index (χ1) is 12.4. The van der Waals surface area contributed by atoms with Gasteiger partial charge in [0.25, 0.3) is 5.91 Å². The predicted octanol–water partition coefficient (Wildman–Crippen LogP) is 2.64. The van der Waals surface area contributed by atoms with Crippen LogP contribution in [0.3, 0.4) is 0 Å². The molecule has 0 radical (unpaired) electrons. The molecule has 3 rings (SSSR count). The number of urea groups is 1. The van der Waals surface area contributed by atoms with Crippen LogP contribution in [0, 0.1) is 5.41 Å². The van der Waals surface area contributed by atoms with E-state index in [1.165, 1.54) is 4.90 Å². The van der Waals surface area contributed by atoms with Gasteiger partial charge >= 0.3 is 12.0 Å². The maximum atomic E-state index is 12.8. The molecule has 1 aromatic carbocycles. The summed E-state index contributed by atoms with van der Waals surface area (Å²) in [5, 5.41) is 12.1. The summed E-state index contributed by atoms with van der Waals surface area (Å²) in [6.45, 7) is 3.68. The molecular formula is C19H25N3O4. The molecule has 2 fully saturated rings. The van der Waals surface area contributed by atoms with Gasteiger partial charge < -0.3 is 20.2 Å². The fourth-order valence-electron chi connectivity index (χ4n) is 3.55. The van der Waals surface area contributed by atoms with Gasteiger partial charge in [-0.1, -0.05) is 12.1 Å². The molecule has 2 aliphatic heterocycles. The normalized spacial score (nSPS) is 23.0. The Labute approximate surface area is 153 Å². The first-order valence-corrected chi connectivity index (χ1v) is 9.08. The maximum absolute atomic E-state index is 12.8. The largest absolute Gasteiger partial charge is 0.481 e. The quantitative estimate of drug-likeness (QED) is 0.868. The molecular weight excluding hydrogens is 334 g/mol. The molecule has 1 unspecified atom stereocenters. The summed E-state index contributed by atoms with van der Waals surface area (Å²) < 4.78 is 0. The van der Waals surface area contributed by atoms with Crippen LogP contribution in [0.2, 0.25) is 0 Å². The van der Waals surface area contributed by atoms with E-state index in [9.17, 15) is 19.5 Å². The summed E-state index contributed by atoms with van der Waals surface area (Å²) in [6.07, 6.45) is 3.56. The molecule has 1 aromatic rings. The number of amides is 3. The van der Waals surface area contributed by atoms with Gasteiger partial charge in [-0.2, -0.15) is 0 Å². The summed E-state index contributed by atoms with van der Waals surface area (Å²) in [5.74, 6) is -0.967. The van der Waals surface area contributed by atoms with E-state index in [-0.39, 0.29) is 18.5 Å². The van der Waals surface area contributed by atoms with Gasteiger partial charge in [0.15, 0.2) is 0 Å².